The number of nitrogens with one attached hydrogen (secondary N) is 3. The van der Waals surface area contributed by atoms with Crippen LogP contribution < -0.4 is 15.4 Å². The van der Waals surface area contributed by atoms with Crippen LogP contribution >= 0.6 is 23.2 Å². The summed E-state index contributed by atoms with van der Waals surface area (Å²) >= 11 is 11.9. The smallest absolute Gasteiger partial charge is 0.258 e. The number of ether oxygens (including phenoxy) is 1. The maximum absolute atomic E-state index is 12.2. The highest BCUT2D eigenvalue weighted by Crippen LogP contribution is 2.36. The fraction of sp³-hybridized carbons (Fsp3) is 0.304. The second-order valence-corrected chi connectivity index (χ2v) is 8.76. The molecule has 33 heavy (non-hydrogen) atoms. The number of hydrogen-bond acceptors (Lipinski definition) is 5. The van der Waals surface area contributed by atoms with Crippen molar-refractivity contribution in [2.24, 2.45) is 0 Å². The largest absolute Gasteiger partial charge is 0.482 e. The Bertz CT molecular complexity index is 1120. The van der Waals surface area contributed by atoms with Gasteiger partial charge in [-0.1, -0.05) is 29.3 Å². The molecule has 0 aliphatic heterocycles. The number of anilines is 1. The van der Waals surface area contributed by atoms with E-state index >= 15 is 0 Å². The first-order chi connectivity index (χ1) is 16.0. The molecule has 3 aromatic rings. The third kappa shape index (κ3) is 6.46. The number of H-pyrrole nitrogens is 1. The predicted octanol–water partition coefficient (Wildman–Crippen LogP) is 4.12. The van der Waals surface area contributed by atoms with Gasteiger partial charge in [-0.2, -0.15) is 5.10 Å². The number of benzene rings is 1. The zero-order valence-corrected chi connectivity index (χ0v) is 19.2. The summed E-state index contributed by atoms with van der Waals surface area (Å²) in [6.07, 6.45) is 5.99. The van der Waals surface area contributed by atoms with Gasteiger partial charge >= 0.3 is 0 Å². The maximum Gasteiger partial charge on any atom is 0.258 e. The Labute approximate surface area is 201 Å². The number of pyridine rings is 1. The van der Waals surface area contributed by atoms with Crippen molar-refractivity contribution in [3.63, 3.8) is 0 Å². The van der Waals surface area contributed by atoms with Crippen LogP contribution in [0.3, 0.4) is 0 Å². The van der Waals surface area contributed by atoms with Gasteiger partial charge in [0, 0.05) is 41.9 Å². The van der Waals surface area contributed by atoms with Crippen LogP contribution in [0.25, 0.3) is 0 Å². The Hall–Kier alpha value is -3.10. The van der Waals surface area contributed by atoms with E-state index in [1.54, 1.807) is 30.6 Å². The van der Waals surface area contributed by atoms with Gasteiger partial charge in [-0.05, 0) is 49.1 Å². The Morgan fingerprint density at radius 1 is 1.15 bits per heavy atom. The number of aromatic nitrogens is 3. The van der Waals surface area contributed by atoms with Gasteiger partial charge in [0.15, 0.2) is 6.61 Å². The van der Waals surface area contributed by atoms with E-state index in [0.717, 1.165) is 24.1 Å². The Morgan fingerprint density at radius 3 is 2.76 bits per heavy atom. The van der Waals surface area contributed by atoms with Crippen LogP contribution in [-0.4, -0.2) is 39.6 Å². The number of nitrogens with zero attached hydrogens (tertiary/aromatic N) is 2. The van der Waals surface area contributed by atoms with Crippen molar-refractivity contribution in [2.45, 2.75) is 37.6 Å². The second-order valence-electron chi connectivity index (χ2n) is 7.91. The van der Waals surface area contributed by atoms with Gasteiger partial charge in [0.1, 0.15) is 11.6 Å². The first kappa shape index (κ1) is 23.1. The van der Waals surface area contributed by atoms with Gasteiger partial charge in [0.25, 0.3) is 5.91 Å². The molecule has 1 saturated carbocycles. The highest BCUT2D eigenvalue weighted by molar-refractivity contribution is 6.35. The maximum atomic E-state index is 12.2. The molecule has 8 nitrogen and oxygen atoms in total. The summed E-state index contributed by atoms with van der Waals surface area (Å²) in [4.78, 5) is 28.4. The summed E-state index contributed by atoms with van der Waals surface area (Å²) in [5.74, 6) is 0.900. The third-order valence-electron chi connectivity index (χ3n) is 5.41. The number of aryl methyl sites for hydroxylation is 1. The van der Waals surface area contributed by atoms with Crippen molar-refractivity contribution < 1.29 is 14.3 Å². The second kappa shape index (κ2) is 10.7. The number of rotatable bonds is 9. The van der Waals surface area contributed by atoms with Gasteiger partial charge in [-0.3, -0.25) is 19.7 Å². The summed E-state index contributed by atoms with van der Waals surface area (Å²) in [5.41, 5.74) is 1.88. The monoisotopic (exact) mass is 487 g/mol. The van der Waals surface area contributed by atoms with E-state index in [4.69, 9.17) is 27.9 Å². The lowest BCUT2D eigenvalue weighted by molar-refractivity contribution is -0.124. The molecule has 0 radical (unpaired) electrons. The van der Waals surface area contributed by atoms with Crippen molar-refractivity contribution in [2.75, 3.05) is 11.9 Å². The summed E-state index contributed by atoms with van der Waals surface area (Å²) in [5, 5.41) is 13.8. The van der Waals surface area contributed by atoms with E-state index in [1.807, 2.05) is 18.2 Å². The highest BCUT2D eigenvalue weighted by Gasteiger charge is 2.33. The average Bonchev–Trinajstić information content (AvgIpc) is 3.22. The molecule has 2 heterocycles. The number of carbonyl (C=O) groups excluding carboxylic acids is 2. The molecule has 1 fully saturated rings. The van der Waals surface area contributed by atoms with Gasteiger partial charge in [-0.15, -0.1) is 0 Å². The van der Waals surface area contributed by atoms with Crippen molar-refractivity contribution in [1.29, 1.82) is 0 Å². The number of aromatic amines is 1. The quantitative estimate of drug-likeness (QED) is 0.420. The number of amides is 2. The molecule has 1 aliphatic rings. The predicted molar refractivity (Wildman–Crippen MR) is 126 cm³/mol. The molecule has 0 bridgehead atoms. The van der Waals surface area contributed by atoms with Crippen LogP contribution in [0.4, 0.5) is 5.82 Å². The number of carbonyl (C=O) groups is 2. The highest BCUT2D eigenvalue weighted by atomic mass is 35.5. The Morgan fingerprint density at radius 2 is 2.00 bits per heavy atom. The van der Waals surface area contributed by atoms with Crippen LogP contribution in [0.2, 0.25) is 10.0 Å². The van der Waals surface area contributed by atoms with E-state index in [1.165, 1.54) is 0 Å². The minimum absolute atomic E-state index is 0.0565. The molecule has 2 aromatic heterocycles. The van der Waals surface area contributed by atoms with Crippen LogP contribution in [0.5, 0.6) is 5.75 Å². The van der Waals surface area contributed by atoms with Gasteiger partial charge in [0.2, 0.25) is 5.91 Å². The lowest BCUT2D eigenvalue weighted by Crippen LogP contribution is -2.45. The van der Waals surface area contributed by atoms with Crippen molar-refractivity contribution >= 4 is 40.8 Å². The van der Waals surface area contributed by atoms with Gasteiger partial charge in [-0.25, -0.2) is 0 Å². The first-order valence-corrected chi connectivity index (χ1v) is 11.3. The molecule has 0 unspecified atom stereocenters. The minimum atomic E-state index is -0.215. The van der Waals surface area contributed by atoms with E-state index in [2.05, 4.69) is 25.8 Å². The Balaban J connectivity index is 1.16. The van der Waals surface area contributed by atoms with E-state index in [0.29, 0.717) is 34.5 Å². The molecular formula is C23H23Cl2N5O3. The fourth-order valence-corrected chi connectivity index (χ4v) is 4.07. The van der Waals surface area contributed by atoms with Crippen LogP contribution in [0, 0.1) is 0 Å². The standard InChI is InChI=1S/C23H23Cl2N5O3/c24-16-4-5-20(18(25)10-16)33-13-23(32)27-17-8-15(9-17)19-11-21(30-29-19)28-22(31)6-3-14-2-1-7-26-12-14/h1-2,4-5,7,10-12,15,17H,3,6,8-9,13H2,(H,27,32)(H2,28,29,30,31)/t15-,17+. The van der Waals surface area contributed by atoms with Crippen molar-refractivity contribution in [3.8, 4) is 5.75 Å². The molecule has 0 saturated heterocycles. The van der Waals surface area contributed by atoms with Crippen molar-refractivity contribution in [3.05, 3.63) is 70.1 Å². The number of halogens is 2. The molecule has 1 aromatic carbocycles. The zero-order chi connectivity index (χ0) is 23.2. The summed E-state index contributed by atoms with van der Waals surface area (Å²) in [6, 6.07) is 10.5. The molecule has 172 valence electrons. The molecule has 1 aliphatic carbocycles. The molecule has 2 amide bonds. The summed E-state index contributed by atoms with van der Waals surface area (Å²) < 4.78 is 5.46. The Kier molecular flexibility index (Phi) is 7.47. The molecule has 4 rings (SSSR count). The minimum Gasteiger partial charge on any atom is -0.482 e. The first-order valence-electron chi connectivity index (χ1n) is 10.6. The van der Waals surface area contributed by atoms with Crippen molar-refractivity contribution in [1.82, 2.24) is 20.5 Å². The van der Waals surface area contributed by atoms with Gasteiger partial charge in [0.05, 0.1) is 10.7 Å². The summed E-state index contributed by atoms with van der Waals surface area (Å²) in [6.45, 7) is -0.125. The molecular weight excluding hydrogens is 465 g/mol. The molecule has 10 heteroatoms. The van der Waals surface area contributed by atoms with Crippen LogP contribution in [0.1, 0.15) is 36.4 Å². The molecule has 0 spiro atoms. The van der Waals surface area contributed by atoms with E-state index in [9.17, 15) is 9.59 Å². The van der Waals surface area contributed by atoms with Crippen LogP contribution in [0.15, 0.2) is 48.8 Å². The fourth-order valence-electron chi connectivity index (χ4n) is 3.61. The topological polar surface area (TPSA) is 109 Å². The average molecular weight is 488 g/mol. The zero-order valence-electron chi connectivity index (χ0n) is 17.7. The van der Waals surface area contributed by atoms with Gasteiger partial charge < -0.3 is 15.4 Å². The third-order valence-corrected chi connectivity index (χ3v) is 5.94. The SMILES string of the molecule is O=C(CCc1cccnc1)Nc1cc([C@H]2C[C@@H](NC(=O)COc3ccc(Cl)cc3Cl)C2)n[nH]1. The van der Waals surface area contributed by atoms with Crippen LogP contribution in [-0.2, 0) is 16.0 Å². The van der Waals surface area contributed by atoms with E-state index < -0.39 is 0 Å². The molecule has 0 atom stereocenters. The molecule has 3 N–H and O–H groups in total. The van der Waals surface area contributed by atoms with E-state index in [-0.39, 0.29) is 30.4 Å². The summed E-state index contributed by atoms with van der Waals surface area (Å²) in [7, 11) is 0. The lowest BCUT2D eigenvalue weighted by Gasteiger charge is -2.34. The normalized spacial score (nSPS) is 17.2. The number of hydrogen-bond donors (Lipinski definition) is 3. The lowest BCUT2D eigenvalue weighted by atomic mass is 9.78.